The molecule has 0 heterocycles. The summed E-state index contributed by atoms with van der Waals surface area (Å²) in [6.07, 6.45) is 1.79. The van der Waals surface area contributed by atoms with Crippen LogP contribution in [0.2, 0.25) is 0 Å². The summed E-state index contributed by atoms with van der Waals surface area (Å²) >= 11 is 0. The molecule has 1 rings (SSSR count). The van der Waals surface area contributed by atoms with Gasteiger partial charge in [0.15, 0.2) is 0 Å². The monoisotopic (exact) mass is 250 g/mol. The Morgan fingerprint density at radius 3 is 2.56 bits per heavy atom. The van der Waals surface area contributed by atoms with E-state index in [4.69, 9.17) is 5.11 Å². The molecule has 0 aliphatic heterocycles. The number of benzene rings is 1. The molecule has 4 heteroatoms. The van der Waals surface area contributed by atoms with Gasteiger partial charge in [0.2, 0.25) is 0 Å². The SMILES string of the molecule is CNC(=O)c1ccc(CNC(C)CCCO)cc1. The second kappa shape index (κ2) is 7.84. The zero-order valence-corrected chi connectivity index (χ0v) is 11.1. The molecule has 0 saturated carbocycles. The third-order valence-corrected chi connectivity index (χ3v) is 2.89. The van der Waals surface area contributed by atoms with E-state index in [0.717, 1.165) is 24.9 Å². The molecule has 0 radical (unpaired) electrons. The highest BCUT2D eigenvalue weighted by Crippen LogP contribution is 2.05. The van der Waals surface area contributed by atoms with Crippen molar-refractivity contribution < 1.29 is 9.90 Å². The van der Waals surface area contributed by atoms with Crippen LogP contribution in [-0.2, 0) is 6.54 Å². The third kappa shape index (κ3) is 4.85. The molecule has 1 atom stereocenters. The molecular weight excluding hydrogens is 228 g/mol. The zero-order chi connectivity index (χ0) is 13.4. The summed E-state index contributed by atoms with van der Waals surface area (Å²) in [6, 6.07) is 7.95. The van der Waals surface area contributed by atoms with Crippen molar-refractivity contribution in [3.63, 3.8) is 0 Å². The summed E-state index contributed by atoms with van der Waals surface area (Å²) in [6.45, 7) is 3.13. The highest BCUT2D eigenvalue weighted by Gasteiger charge is 2.03. The summed E-state index contributed by atoms with van der Waals surface area (Å²) in [5, 5.41) is 14.7. The summed E-state index contributed by atoms with van der Waals surface area (Å²) in [5.74, 6) is -0.0641. The van der Waals surface area contributed by atoms with Crippen molar-refractivity contribution in [3.05, 3.63) is 35.4 Å². The molecule has 0 aliphatic carbocycles. The number of nitrogens with one attached hydrogen (secondary N) is 2. The normalized spacial score (nSPS) is 12.2. The van der Waals surface area contributed by atoms with E-state index in [9.17, 15) is 4.79 Å². The molecule has 1 amide bonds. The smallest absolute Gasteiger partial charge is 0.251 e. The Bertz CT molecular complexity index is 363. The highest BCUT2D eigenvalue weighted by atomic mass is 16.2. The fraction of sp³-hybridized carbons (Fsp3) is 0.500. The molecule has 0 fully saturated rings. The van der Waals surface area contributed by atoms with Crippen LogP contribution >= 0.6 is 0 Å². The van der Waals surface area contributed by atoms with Crippen LogP contribution < -0.4 is 10.6 Å². The molecule has 100 valence electrons. The van der Waals surface area contributed by atoms with Gasteiger partial charge in [-0.15, -0.1) is 0 Å². The van der Waals surface area contributed by atoms with Crippen molar-refractivity contribution in [1.82, 2.24) is 10.6 Å². The summed E-state index contributed by atoms with van der Waals surface area (Å²) in [4.78, 5) is 11.4. The minimum atomic E-state index is -0.0641. The Balaban J connectivity index is 2.41. The van der Waals surface area contributed by atoms with E-state index in [1.165, 1.54) is 0 Å². The van der Waals surface area contributed by atoms with Crippen LogP contribution in [0.3, 0.4) is 0 Å². The Hall–Kier alpha value is -1.39. The third-order valence-electron chi connectivity index (χ3n) is 2.89. The van der Waals surface area contributed by atoms with Crippen LogP contribution in [0.25, 0.3) is 0 Å². The summed E-state index contributed by atoms with van der Waals surface area (Å²) in [7, 11) is 1.63. The first kappa shape index (κ1) is 14.7. The number of carbonyl (C=O) groups excluding carboxylic acids is 1. The second-order valence-electron chi connectivity index (χ2n) is 4.42. The molecule has 1 aromatic rings. The van der Waals surface area contributed by atoms with E-state index in [1.807, 2.05) is 24.3 Å². The topological polar surface area (TPSA) is 61.4 Å². The van der Waals surface area contributed by atoms with E-state index in [2.05, 4.69) is 17.6 Å². The lowest BCUT2D eigenvalue weighted by atomic mass is 10.1. The van der Waals surface area contributed by atoms with Crippen LogP contribution in [0.15, 0.2) is 24.3 Å². The van der Waals surface area contributed by atoms with Crippen LogP contribution in [0.5, 0.6) is 0 Å². The van der Waals surface area contributed by atoms with Crippen molar-refractivity contribution >= 4 is 5.91 Å². The predicted molar refractivity (Wildman–Crippen MR) is 72.5 cm³/mol. The van der Waals surface area contributed by atoms with Crippen LogP contribution in [0, 0.1) is 0 Å². The Morgan fingerprint density at radius 2 is 2.00 bits per heavy atom. The van der Waals surface area contributed by atoms with Gasteiger partial charge in [-0.3, -0.25) is 4.79 Å². The molecule has 0 aliphatic rings. The van der Waals surface area contributed by atoms with Crippen LogP contribution in [-0.4, -0.2) is 30.7 Å². The largest absolute Gasteiger partial charge is 0.396 e. The van der Waals surface area contributed by atoms with E-state index in [-0.39, 0.29) is 12.5 Å². The van der Waals surface area contributed by atoms with Gasteiger partial charge >= 0.3 is 0 Å². The van der Waals surface area contributed by atoms with E-state index in [0.29, 0.717) is 11.6 Å². The van der Waals surface area contributed by atoms with Crippen molar-refractivity contribution in [3.8, 4) is 0 Å². The number of carbonyl (C=O) groups is 1. The van der Waals surface area contributed by atoms with E-state index in [1.54, 1.807) is 7.05 Å². The maximum atomic E-state index is 11.4. The van der Waals surface area contributed by atoms with Crippen molar-refractivity contribution in [2.45, 2.75) is 32.4 Å². The first-order valence-electron chi connectivity index (χ1n) is 6.32. The van der Waals surface area contributed by atoms with Gasteiger partial charge in [0.1, 0.15) is 0 Å². The van der Waals surface area contributed by atoms with Crippen molar-refractivity contribution in [2.24, 2.45) is 0 Å². The lowest BCUT2D eigenvalue weighted by Crippen LogP contribution is -2.25. The molecular formula is C14H22N2O2. The summed E-state index contributed by atoms with van der Waals surface area (Å²) in [5.41, 5.74) is 1.83. The fourth-order valence-electron chi connectivity index (χ4n) is 1.71. The van der Waals surface area contributed by atoms with Crippen LogP contribution in [0.4, 0.5) is 0 Å². The van der Waals surface area contributed by atoms with Crippen LogP contribution in [0.1, 0.15) is 35.7 Å². The minimum absolute atomic E-state index is 0.0641. The Labute approximate surface area is 108 Å². The molecule has 4 nitrogen and oxygen atoms in total. The van der Waals surface area contributed by atoms with Crippen molar-refractivity contribution in [1.29, 1.82) is 0 Å². The van der Waals surface area contributed by atoms with E-state index >= 15 is 0 Å². The van der Waals surface area contributed by atoms with Gasteiger partial charge in [0, 0.05) is 31.8 Å². The van der Waals surface area contributed by atoms with Crippen molar-refractivity contribution in [2.75, 3.05) is 13.7 Å². The number of amides is 1. The van der Waals surface area contributed by atoms with Gasteiger partial charge in [0.05, 0.1) is 0 Å². The highest BCUT2D eigenvalue weighted by molar-refractivity contribution is 5.93. The lowest BCUT2D eigenvalue weighted by molar-refractivity contribution is 0.0963. The lowest BCUT2D eigenvalue weighted by Gasteiger charge is -2.13. The average molecular weight is 250 g/mol. The number of rotatable bonds is 7. The quantitative estimate of drug-likeness (QED) is 0.683. The van der Waals surface area contributed by atoms with E-state index < -0.39 is 0 Å². The van der Waals surface area contributed by atoms with Gasteiger partial charge in [-0.25, -0.2) is 0 Å². The van der Waals surface area contributed by atoms with Gasteiger partial charge < -0.3 is 15.7 Å². The average Bonchev–Trinajstić information content (AvgIpc) is 2.42. The van der Waals surface area contributed by atoms with Gasteiger partial charge in [-0.1, -0.05) is 12.1 Å². The second-order valence-corrected chi connectivity index (χ2v) is 4.42. The maximum Gasteiger partial charge on any atom is 0.251 e. The van der Waals surface area contributed by atoms with Gasteiger partial charge in [-0.2, -0.15) is 0 Å². The Kier molecular flexibility index (Phi) is 6.39. The summed E-state index contributed by atoms with van der Waals surface area (Å²) < 4.78 is 0. The molecule has 18 heavy (non-hydrogen) atoms. The first-order valence-corrected chi connectivity index (χ1v) is 6.32. The first-order chi connectivity index (χ1) is 8.67. The molecule has 1 aromatic carbocycles. The van der Waals surface area contributed by atoms with Gasteiger partial charge in [0.25, 0.3) is 5.91 Å². The molecule has 0 saturated heterocycles. The number of aliphatic hydroxyl groups excluding tert-OH is 1. The molecule has 0 aromatic heterocycles. The molecule has 3 N–H and O–H groups in total. The predicted octanol–water partition coefficient (Wildman–Crippen LogP) is 1.30. The standard InChI is InChI=1S/C14H22N2O2/c1-11(4-3-9-17)16-10-12-5-7-13(8-6-12)14(18)15-2/h5-8,11,16-17H,3-4,9-10H2,1-2H3,(H,15,18). The number of hydrogen-bond donors (Lipinski definition) is 3. The fourth-order valence-corrected chi connectivity index (χ4v) is 1.71. The number of hydrogen-bond acceptors (Lipinski definition) is 3. The molecule has 0 bridgehead atoms. The molecule has 1 unspecified atom stereocenters. The minimum Gasteiger partial charge on any atom is -0.396 e. The Morgan fingerprint density at radius 1 is 1.33 bits per heavy atom. The number of aliphatic hydroxyl groups is 1. The maximum absolute atomic E-state index is 11.4. The van der Waals surface area contributed by atoms with Gasteiger partial charge in [-0.05, 0) is 37.5 Å². The zero-order valence-electron chi connectivity index (χ0n) is 11.1. The molecule has 0 spiro atoms.